The highest BCUT2D eigenvalue weighted by atomic mass is 35.5. The first-order chi connectivity index (χ1) is 19.4. The van der Waals surface area contributed by atoms with E-state index in [9.17, 15) is 22.8 Å². The lowest BCUT2D eigenvalue weighted by Crippen LogP contribution is -2.19. The number of pyridine rings is 1. The summed E-state index contributed by atoms with van der Waals surface area (Å²) in [4.78, 5) is 28.0. The smallest absolute Gasteiger partial charge is 0.435 e. The van der Waals surface area contributed by atoms with Gasteiger partial charge in [0.1, 0.15) is 18.1 Å². The second-order valence-corrected chi connectivity index (χ2v) is 9.88. The number of ether oxygens (including phenoxy) is 1. The van der Waals surface area contributed by atoms with Gasteiger partial charge in [0.15, 0.2) is 5.69 Å². The van der Waals surface area contributed by atoms with Crippen molar-refractivity contribution in [3.8, 4) is 17.1 Å². The van der Waals surface area contributed by atoms with Crippen molar-refractivity contribution in [3.63, 3.8) is 0 Å². The number of nitrogens with one attached hydrogen (secondary N) is 2. The second kappa shape index (κ2) is 12.2. The van der Waals surface area contributed by atoms with Crippen molar-refractivity contribution >= 4 is 40.7 Å². The Kier molecular flexibility index (Phi) is 8.89. The van der Waals surface area contributed by atoms with Crippen LogP contribution in [0.3, 0.4) is 0 Å². The number of amides is 2. The van der Waals surface area contributed by atoms with E-state index in [1.165, 1.54) is 37.4 Å². The third-order valence-corrected chi connectivity index (χ3v) is 6.56. The molecule has 4 aromatic rings. The van der Waals surface area contributed by atoms with Crippen LogP contribution < -0.4 is 15.4 Å². The molecule has 0 bridgehead atoms. The zero-order valence-electron chi connectivity index (χ0n) is 21.9. The normalized spacial score (nSPS) is 11.4. The highest BCUT2D eigenvalue weighted by Gasteiger charge is 2.37. The predicted octanol–water partition coefficient (Wildman–Crippen LogP) is 7.38. The lowest BCUT2D eigenvalue weighted by Gasteiger charge is -2.15. The summed E-state index contributed by atoms with van der Waals surface area (Å²) in [7, 11) is 1.45. The van der Waals surface area contributed by atoms with E-state index in [-0.39, 0.29) is 35.4 Å². The van der Waals surface area contributed by atoms with Crippen LogP contribution in [-0.2, 0) is 12.8 Å². The van der Waals surface area contributed by atoms with E-state index in [2.05, 4.69) is 20.8 Å². The number of hydrogen-bond donors (Lipinski definition) is 2. The number of benzene rings is 2. The van der Waals surface area contributed by atoms with Crippen molar-refractivity contribution in [2.24, 2.45) is 0 Å². The number of halogens is 5. The summed E-state index contributed by atoms with van der Waals surface area (Å²) in [5.41, 5.74) is -0.442. The van der Waals surface area contributed by atoms with Crippen LogP contribution in [0.25, 0.3) is 11.3 Å². The number of carbonyl (C=O) groups excluding carboxylic acids is 2. The van der Waals surface area contributed by atoms with Gasteiger partial charge in [0, 0.05) is 35.7 Å². The van der Waals surface area contributed by atoms with Crippen molar-refractivity contribution in [1.29, 1.82) is 0 Å². The molecule has 0 fully saturated rings. The summed E-state index contributed by atoms with van der Waals surface area (Å²) in [6, 6.07) is 12.6. The SMILES string of the molecule is CNC(=O)c1ccc(C(=O)Nc2ccc(OCc3c(-c4c(Cl)cccc4Cl)noc3C(C)C)nc2C(F)(F)F)cc1. The van der Waals surface area contributed by atoms with Crippen LogP contribution in [0.1, 0.15) is 57.5 Å². The molecule has 0 aliphatic heterocycles. The van der Waals surface area contributed by atoms with Crippen LogP contribution in [0.5, 0.6) is 5.88 Å². The monoisotopic (exact) mass is 606 g/mol. The first kappa shape index (κ1) is 29.9. The Labute approximate surface area is 242 Å². The molecule has 0 saturated carbocycles. The van der Waals surface area contributed by atoms with Gasteiger partial charge in [0.2, 0.25) is 5.88 Å². The predicted molar refractivity (Wildman–Crippen MR) is 147 cm³/mol. The standard InChI is InChI=1S/C28H23Cl2F3N4O4/c1-14(2)24-17(23(37-41-24)22-18(29)5-4-6-19(22)30)13-40-21-12-11-20(25(36-21)28(31,32)33)35-27(39)16-9-7-15(8-10-16)26(38)34-3/h4-12,14H,13H2,1-3H3,(H,34,38)(H,35,39). The van der Waals surface area contributed by atoms with Gasteiger partial charge in [-0.3, -0.25) is 9.59 Å². The number of anilines is 1. The first-order valence-electron chi connectivity index (χ1n) is 12.2. The van der Waals surface area contributed by atoms with Crippen LogP contribution in [0.2, 0.25) is 10.0 Å². The Morgan fingerprint density at radius 2 is 1.59 bits per heavy atom. The van der Waals surface area contributed by atoms with E-state index >= 15 is 0 Å². The average molecular weight is 607 g/mol. The van der Waals surface area contributed by atoms with Crippen LogP contribution in [0.15, 0.2) is 59.1 Å². The third-order valence-electron chi connectivity index (χ3n) is 5.93. The minimum atomic E-state index is -4.92. The summed E-state index contributed by atoms with van der Waals surface area (Å²) in [6.07, 6.45) is -4.92. The van der Waals surface area contributed by atoms with Crippen molar-refractivity contribution < 1.29 is 32.0 Å². The quantitative estimate of drug-likeness (QED) is 0.217. The molecule has 0 unspecified atom stereocenters. The van der Waals surface area contributed by atoms with Gasteiger partial charge in [0.05, 0.1) is 21.3 Å². The summed E-state index contributed by atoms with van der Waals surface area (Å²) in [5.74, 6) is -1.24. The molecule has 0 aliphatic carbocycles. The fourth-order valence-electron chi connectivity index (χ4n) is 3.93. The largest absolute Gasteiger partial charge is 0.473 e. The van der Waals surface area contributed by atoms with Crippen molar-refractivity contribution in [3.05, 3.63) is 92.8 Å². The van der Waals surface area contributed by atoms with Gasteiger partial charge in [-0.25, -0.2) is 4.98 Å². The maximum Gasteiger partial charge on any atom is 0.435 e. The van der Waals surface area contributed by atoms with E-state index in [1.807, 2.05) is 13.8 Å². The number of carbonyl (C=O) groups is 2. The molecule has 0 spiro atoms. The molecule has 0 aliphatic rings. The molecular weight excluding hydrogens is 584 g/mol. The maximum absolute atomic E-state index is 14.0. The molecule has 2 amide bonds. The highest BCUT2D eigenvalue weighted by Crippen LogP contribution is 2.39. The minimum Gasteiger partial charge on any atom is -0.473 e. The fraction of sp³-hybridized carbons (Fsp3) is 0.214. The van der Waals surface area contributed by atoms with Crippen LogP contribution in [0.4, 0.5) is 18.9 Å². The summed E-state index contributed by atoms with van der Waals surface area (Å²) in [5, 5.41) is 9.38. The number of hydrogen-bond acceptors (Lipinski definition) is 6. The third kappa shape index (κ3) is 6.63. The molecule has 0 radical (unpaired) electrons. The maximum atomic E-state index is 14.0. The van der Waals surface area contributed by atoms with Crippen molar-refractivity contribution in [2.75, 3.05) is 12.4 Å². The van der Waals surface area contributed by atoms with Gasteiger partial charge in [-0.05, 0) is 42.5 Å². The molecule has 2 aromatic carbocycles. The van der Waals surface area contributed by atoms with Crippen molar-refractivity contribution in [1.82, 2.24) is 15.5 Å². The number of rotatable bonds is 8. The number of nitrogens with zero attached hydrogens (tertiary/aromatic N) is 2. The molecular formula is C28H23Cl2F3N4O4. The van der Waals surface area contributed by atoms with Crippen LogP contribution in [0, 0.1) is 0 Å². The van der Waals surface area contributed by atoms with E-state index < -0.39 is 23.5 Å². The van der Waals surface area contributed by atoms with E-state index in [0.29, 0.717) is 32.6 Å². The van der Waals surface area contributed by atoms with Gasteiger partial charge >= 0.3 is 6.18 Å². The zero-order valence-corrected chi connectivity index (χ0v) is 23.4. The lowest BCUT2D eigenvalue weighted by molar-refractivity contribution is -0.140. The van der Waals surface area contributed by atoms with Gasteiger partial charge in [-0.2, -0.15) is 13.2 Å². The zero-order chi connectivity index (χ0) is 29.9. The van der Waals surface area contributed by atoms with Crippen LogP contribution >= 0.6 is 23.2 Å². The first-order valence-corrected chi connectivity index (χ1v) is 12.9. The van der Waals surface area contributed by atoms with E-state index in [0.717, 1.165) is 6.07 Å². The van der Waals surface area contributed by atoms with Gasteiger partial charge in [0.25, 0.3) is 11.8 Å². The molecule has 2 N–H and O–H groups in total. The summed E-state index contributed by atoms with van der Waals surface area (Å²) in [6.45, 7) is 3.46. The Hall–Kier alpha value is -4.09. The molecule has 214 valence electrons. The summed E-state index contributed by atoms with van der Waals surface area (Å²) < 4.78 is 53.0. The molecule has 2 aromatic heterocycles. The van der Waals surface area contributed by atoms with E-state index in [1.54, 1.807) is 18.2 Å². The molecule has 2 heterocycles. The van der Waals surface area contributed by atoms with Gasteiger partial charge < -0.3 is 19.9 Å². The highest BCUT2D eigenvalue weighted by molar-refractivity contribution is 6.39. The van der Waals surface area contributed by atoms with Crippen LogP contribution in [-0.4, -0.2) is 29.0 Å². The Morgan fingerprint density at radius 3 is 2.15 bits per heavy atom. The Morgan fingerprint density at radius 1 is 0.976 bits per heavy atom. The molecule has 8 nitrogen and oxygen atoms in total. The Bertz CT molecular complexity index is 1570. The second-order valence-electron chi connectivity index (χ2n) is 9.07. The molecule has 13 heteroatoms. The van der Waals surface area contributed by atoms with Gasteiger partial charge in [-0.15, -0.1) is 0 Å². The van der Waals surface area contributed by atoms with E-state index in [4.69, 9.17) is 32.5 Å². The Balaban J connectivity index is 1.60. The number of alkyl halides is 3. The number of aromatic nitrogens is 2. The molecule has 4 rings (SSSR count). The lowest BCUT2D eigenvalue weighted by atomic mass is 10.0. The molecule has 0 saturated heterocycles. The summed E-state index contributed by atoms with van der Waals surface area (Å²) >= 11 is 12.7. The molecule has 0 atom stereocenters. The van der Waals surface area contributed by atoms with Gasteiger partial charge in [-0.1, -0.05) is 48.3 Å². The fourth-order valence-corrected chi connectivity index (χ4v) is 4.51. The topological polar surface area (TPSA) is 106 Å². The molecule has 41 heavy (non-hydrogen) atoms. The minimum absolute atomic E-state index is 0.0468. The van der Waals surface area contributed by atoms with Crippen molar-refractivity contribution in [2.45, 2.75) is 32.5 Å². The average Bonchev–Trinajstić information content (AvgIpc) is 3.35.